The maximum absolute atomic E-state index is 13.1. The van der Waals surface area contributed by atoms with Gasteiger partial charge in [-0.1, -0.05) is 280 Å². The third-order valence-electron chi connectivity index (χ3n) is 23.3. The maximum Gasteiger partial charge on any atom is 0.318 e. The highest BCUT2D eigenvalue weighted by Crippen LogP contribution is 2.24. The fourth-order valence-corrected chi connectivity index (χ4v) is 20.3. The molecular weight excluding hydrogens is 1880 g/mol. The zero-order chi connectivity index (χ0) is 102. The van der Waals surface area contributed by atoms with Gasteiger partial charge in [-0.05, 0) is 89.4 Å². The Morgan fingerprint density at radius 1 is 0.188 bits per heavy atom. The van der Waals surface area contributed by atoms with E-state index in [1.54, 1.807) is 60.9 Å². The molecule has 0 saturated heterocycles. The second kappa shape index (κ2) is 98.6. The Hall–Kier alpha value is -4.38. The van der Waals surface area contributed by atoms with E-state index in [0.717, 1.165) is 80.8 Å². The van der Waals surface area contributed by atoms with Crippen LogP contribution in [0, 0.1) is 11.8 Å². The quantitative estimate of drug-likeness (QED) is 0.0310. The number of carbonyl (C=O) groups is 12. The molecule has 0 radical (unpaired) electrons. The molecule has 0 spiro atoms. The molecule has 0 aromatic carbocycles. The molecule has 138 heavy (non-hydrogen) atoms. The van der Waals surface area contributed by atoms with Crippen LogP contribution >= 0.6 is 70.6 Å². The van der Waals surface area contributed by atoms with E-state index in [9.17, 15) is 57.5 Å². The SMILES string of the molecule is CCCCCCCCCCCCSC(C)C(=O)OCCOC(=O)CCN(CCSCC(C)C(=O)OCCOC(=O)CCN(CCC)CCC(=O)OCCOC(=O)C(C)CSCCN(CCC(=O)OCCOC(=O)C(C)SCCCCCCCCCCCC)CCC(=O)OCCOC(=O)C(C)SCCCCCCCCCCCC)CCC(=O)OCCOC(=O)C(C)SCCCCCCCCCCCC. The number of hydrogen-bond acceptors (Lipinski definition) is 33. The lowest BCUT2D eigenvalue weighted by molar-refractivity contribution is -0.154. The summed E-state index contributed by atoms with van der Waals surface area (Å²) in [5, 5.41) is -1.32. The number of nitrogens with zero attached hydrogens (tertiary/aromatic N) is 3. The molecule has 0 aliphatic carbocycles. The summed E-state index contributed by atoms with van der Waals surface area (Å²) in [4.78, 5) is 160. The lowest BCUT2D eigenvalue weighted by Crippen LogP contribution is -2.32. The van der Waals surface area contributed by atoms with Gasteiger partial charge in [0.15, 0.2) is 0 Å². The van der Waals surface area contributed by atoms with Crippen LogP contribution in [-0.4, -0.2) is 292 Å². The molecule has 0 saturated carbocycles. The molecule has 806 valence electrons. The van der Waals surface area contributed by atoms with Crippen molar-refractivity contribution in [3.05, 3.63) is 0 Å². The minimum absolute atomic E-state index is 0.00968. The lowest BCUT2D eigenvalue weighted by Gasteiger charge is -2.22. The van der Waals surface area contributed by atoms with Crippen molar-refractivity contribution < 1.29 is 114 Å². The van der Waals surface area contributed by atoms with Crippen molar-refractivity contribution in [2.75, 3.05) is 184 Å². The van der Waals surface area contributed by atoms with Gasteiger partial charge >= 0.3 is 71.6 Å². The number of hydrogen-bond donors (Lipinski definition) is 0. The van der Waals surface area contributed by atoms with Gasteiger partial charge in [-0.2, -0.15) is 23.5 Å². The van der Waals surface area contributed by atoms with Gasteiger partial charge in [0.25, 0.3) is 0 Å². The predicted octanol–water partition coefficient (Wildman–Crippen LogP) is 22.1. The van der Waals surface area contributed by atoms with Crippen LogP contribution < -0.4 is 0 Å². The van der Waals surface area contributed by atoms with E-state index in [4.69, 9.17) is 56.8 Å². The highest BCUT2D eigenvalue weighted by atomic mass is 32.2. The minimum Gasteiger partial charge on any atom is -0.462 e. The summed E-state index contributed by atoms with van der Waals surface area (Å²) in [6.45, 7) is 23.7. The Morgan fingerprint density at radius 2 is 0.355 bits per heavy atom. The first kappa shape index (κ1) is 134. The second-order valence-electron chi connectivity index (χ2n) is 36.1. The Bertz CT molecular complexity index is 2700. The van der Waals surface area contributed by atoms with Crippen molar-refractivity contribution in [2.24, 2.45) is 11.8 Å². The van der Waals surface area contributed by atoms with Crippen LogP contribution in [0.1, 0.15) is 378 Å². The number of rotatable bonds is 102. The third-order valence-corrected chi connectivity index (χ3v) is 30.6. The Labute approximate surface area is 860 Å². The summed E-state index contributed by atoms with van der Waals surface area (Å²) >= 11 is 9.29. The van der Waals surface area contributed by atoms with Crippen LogP contribution in [0.15, 0.2) is 0 Å². The van der Waals surface area contributed by atoms with Crippen LogP contribution in [-0.2, 0) is 114 Å². The van der Waals surface area contributed by atoms with E-state index in [1.807, 2.05) is 49.3 Å². The van der Waals surface area contributed by atoms with Crippen molar-refractivity contribution in [1.82, 2.24) is 14.7 Å². The van der Waals surface area contributed by atoms with Crippen LogP contribution in [0.4, 0.5) is 0 Å². The van der Waals surface area contributed by atoms with E-state index in [0.29, 0.717) is 55.7 Å². The Morgan fingerprint density at radius 3 is 0.543 bits per heavy atom. The monoisotopic (exact) mass is 2070 g/mol. The number of ether oxygens (including phenoxy) is 12. The summed E-state index contributed by atoms with van der Waals surface area (Å²) in [5.74, 6) is -0.871. The van der Waals surface area contributed by atoms with Gasteiger partial charge in [0.2, 0.25) is 0 Å². The van der Waals surface area contributed by atoms with E-state index >= 15 is 0 Å². The molecular formula is C105H191N3O24S6. The second-order valence-corrected chi connectivity index (χ2v) is 44.2. The van der Waals surface area contributed by atoms with Crippen molar-refractivity contribution >= 4 is 142 Å². The fraction of sp³-hybridized carbons (Fsp3) is 0.886. The predicted molar refractivity (Wildman–Crippen MR) is 567 cm³/mol. The van der Waals surface area contributed by atoms with Crippen LogP contribution in [0.25, 0.3) is 0 Å². The summed E-state index contributed by atoms with van der Waals surface area (Å²) < 4.78 is 65.2. The van der Waals surface area contributed by atoms with Gasteiger partial charge in [-0.15, -0.1) is 47.0 Å². The molecule has 0 aliphatic rings. The molecule has 6 atom stereocenters. The standard InChI is InChI=1S/C105H191N3O24S6/c1-12-17-21-25-29-33-37-41-45-49-80-135-90(8)102(117)129-76-70-123-96(111)55-62-107(63-56-97(112)124-71-77-130-103(118)91(9)136-81-50-46-42-38-34-30-26-22-18-13-2)66-84-133-86-88(6)100(115)127-74-68-121-94(109)53-60-106(59-16-5)61-54-95(110)122-69-75-128-101(116)89(7)87-134-85-67-108(64-57-98(113)125-72-78-131-104(119)92(10)137-82-51-47-43-39-35-31-27-23-19-14-3)65-58-99(114)126-73-79-132-105(120)93(11)138-83-52-48-44-40-36-32-28-24-20-15-4/h88-93H,12-87H2,1-11H3. The zero-order valence-corrected chi connectivity index (χ0v) is 92.7. The Kier molecular flexibility index (Phi) is 95.5. The highest BCUT2D eigenvalue weighted by Gasteiger charge is 2.24. The molecule has 0 heterocycles. The average molecular weight is 2070 g/mol. The number of unbranched alkanes of at least 4 members (excludes halogenated alkanes) is 36. The number of esters is 12. The first-order valence-electron chi connectivity index (χ1n) is 53.6. The molecule has 27 nitrogen and oxygen atoms in total. The summed E-state index contributed by atoms with van der Waals surface area (Å²) in [7, 11) is 0. The first-order chi connectivity index (χ1) is 66.9. The third kappa shape index (κ3) is 87.0. The van der Waals surface area contributed by atoms with Crippen molar-refractivity contribution in [3.63, 3.8) is 0 Å². The molecule has 33 heteroatoms. The van der Waals surface area contributed by atoms with Gasteiger partial charge in [0.1, 0.15) is 79.3 Å². The zero-order valence-electron chi connectivity index (χ0n) is 87.8. The van der Waals surface area contributed by atoms with E-state index in [2.05, 4.69) is 27.7 Å². The van der Waals surface area contributed by atoms with Crippen LogP contribution in [0.3, 0.4) is 0 Å². The first-order valence-corrected chi connectivity index (χ1v) is 60.1. The topological polar surface area (TPSA) is 325 Å². The average Bonchev–Trinajstić information content (AvgIpc) is 0.940. The van der Waals surface area contributed by atoms with E-state index in [-0.39, 0.29) is 189 Å². The minimum atomic E-state index is -0.509. The van der Waals surface area contributed by atoms with Gasteiger partial charge in [0, 0.05) is 75.4 Å². The van der Waals surface area contributed by atoms with Crippen LogP contribution in [0.5, 0.6) is 0 Å². The van der Waals surface area contributed by atoms with Crippen molar-refractivity contribution in [3.8, 4) is 0 Å². The van der Waals surface area contributed by atoms with Gasteiger partial charge < -0.3 is 71.5 Å². The largest absolute Gasteiger partial charge is 0.462 e. The lowest BCUT2D eigenvalue weighted by atomic mass is 10.1. The maximum atomic E-state index is 13.1. The summed E-state index contributed by atoms with van der Waals surface area (Å²) in [6, 6.07) is 0. The van der Waals surface area contributed by atoms with Gasteiger partial charge in [-0.3, -0.25) is 57.5 Å². The molecule has 0 fully saturated rings. The molecule has 0 aromatic rings. The van der Waals surface area contributed by atoms with Crippen molar-refractivity contribution in [1.29, 1.82) is 0 Å². The smallest absolute Gasteiger partial charge is 0.318 e. The molecule has 0 amide bonds. The molecule has 0 N–H and O–H groups in total. The number of carbonyl (C=O) groups excluding carboxylic acids is 12. The molecule has 0 aromatic heterocycles. The Balaban J connectivity index is 5.17. The highest BCUT2D eigenvalue weighted by molar-refractivity contribution is 8.01. The summed E-state index contributed by atoms with van der Waals surface area (Å²) in [5.41, 5.74) is 0. The van der Waals surface area contributed by atoms with Crippen molar-refractivity contribution in [2.45, 2.75) is 399 Å². The van der Waals surface area contributed by atoms with Gasteiger partial charge in [0.05, 0.1) is 71.4 Å². The number of thioether (sulfide) groups is 6. The van der Waals surface area contributed by atoms with Gasteiger partial charge in [-0.25, -0.2) is 0 Å². The van der Waals surface area contributed by atoms with Crippen LogP contribution in [0.2, 0.25) is 0 Å². The summed E-state index contributed by atoms with van der Waals surface area (Å²) in [6.07, 6.45) is 50.7. The normalized spacial score (nSPS) is 12.7. The molecule has 0 aliphatic heterocycles. The fourth-order valence-electron chi connectivity index (χ4n) is 14.5. The molecule has 6 unspecified atom stereocenters. The molecule has 0 rings (SSSR count). The van der Waals surface area contributed by atoms with E-state index < -0.39 is 59.6 Å². The van der Waals surface area contributed by atoms with E-state index in [1.165, 1.54) is 229 Å². The molecule has 0 bridgehead atoms.